The largest absolute Gasteiger partial charge is 0.489 e. The van der Waals surface area contributed by atoms with Gasteiger partial charge >= 0.3 is 5.97 Å². The SMILES string of the molecule is Cc1ccccc1OC(C)CNC(=O)c1ccc(C(=O)O)o1. The van der Waals surface area contributed by atoms with Crippen molar-refractivity contribution in [3.05, 3.63) is 53.5 Å². The Morgan fingerprint density at radius 1 is 1.23 bits per heavy atom. The molecule has 22 heavy (non-hydrogen) atoms. The summed E-state index contributed by atoms with van der Waals surface area (Å²) in [6.07, 6.45) is -0.237. The lowest BCUT2D eigenvalue weighted by atomic mass is 10.2. The highest BCUT2D eigenvalue weighted by molar-refractivity contribution is 5.93. The van der Waals surface area contributed by atoms with Gasteiger partial charge in [0.1, 0.15) is 11.9 Å². The first-order valence-electron chi connectivity index (χ1n) is 6.81. The van der Waals surface area contributed by atoms with Crippen molar-refractivity contribution in [3.63, 3.8) is 0 Å². The number of carboxylic acid groups (broad SMARTS) is 1. The molecule has 0 bridgehead atoms. The molecule has 2 N–H and O–H groups in total. The van der Waals surface area contributed by atoms with Crippen LogP contribution in [0.5, 0.6) is 5.75 Å². The molecule has 2 aromatic rings. The molecule has 0 aliphatic carbocycles. The van der Waals surface area contributed by atoms with E-state index in [1.54, 1.807) is 0 Å². The Hall–Kier alpha value is -2.76. The van der Waals surface area contributed by atoms with E-state index in [4.69, 9.17) is 14.3 Å². The molecule has 0 fully saturated rings. The summed E-state index contributed by atoms with van der Waals surface area (Å²) < 4.78 is 10.7. The normalized spacial score (nSPS) is 11.7. The third-order valence-corrected chi connectivity index (χ3v) is 3.01. The molecule has 0 saturated carbocycles. The molecule has 6 heteroatoms. The number of aryl methyl sites for hydroxylation is 1. The number of ether oxygens (including phenoxy) is 1. The fraction of sp³-hybridized carbons (Fsp3) is 0.250. The Kier molecular flexibility index (Phi) is 4.83. The van der Waals surface area contributed by atoms with E-state index in [9.17, 15) is 9.59 Å². The fourth-order valence-corrected chi connectivity index (χ4v) is 1.85. The molecule has 0 spiro atoms. The molecule has 1 aromatic carbocycles. The summed E-state index contributed by atoms with van der Waals surface area (Å²) >= 11 is 0. The van der Waals surface area contributed by atoms with Crippen LogP contribution in [0.3, 0.4) is 0 Å². The highest BCUT2D eigenvalue weighted by Gasteiger charge is 2.15. The number of hydrogen-bond acceptors (Lipinski definition) is 4. The van der Waals surface area contributed by atoms with Crippen molar-refractivity contribution < 1.29 is 23.8 Å². The van der Waals surface area contributed by atoms with Gasteiger partial charge in [0.05, 0.1) is 6.54 Å². The second kappa shape index (κ2) is 6.80. The summed E-state index contributed by atoms with van der Waals surface area (Å²) in [6, 6.07) is 10.2. The molecular weight excluding hydrogens is 286 g/mol. The summed E-state index contributed by atoms with van der Waals surface area (Å²) in [5, 5.41) is 11.4. The molecule has 6 nitrogen and oxygen atoms in total. The average Bonchev–Trinajstić information content (AvgIpc) is 2.97. The molecule has 0 saturated heterocycles. The van der Waals surface area contributed by atoms with Gasteiger partial charge in [0.25, 0.3) is 5.91 Å². The Bertz CT molecular complexity index is 677. The first-order chi connectivity index (χ1) is 10.5. The lowest BCUT2D eigenvalue weighted by Gasteiger charge is -2.16. The average molecular weight is 303 g/mol. The zero-order valence-corrected chi connectivity index (χ0v) is 12.3. The van der Waals surface area contributed by atoms with Crippen LogP contribution in [0.2, 0.25) is 0 Å². The van der Waals surface area contributed by atoms with E-state index in [1.807, 2.05) is 38.1 Å². The maximum atomic E-state index is 11.9. The first-order valence-corrected chi connectivity index (χ1v) is 6.81. The minimum atomic E-state index is -1.21. The van der Waals surface area contributed by atoms with Gasteiger partial charge in [-0.25, -0.2) is 4.79 Å². The zero-order valence-electron chi connectivity index (χ0n) is 12.3. The van der Waals surface area contributed by atoms with Gasteiger partial charge in [-0.05, 0) is 37.6 Å². The van der Waals surface area contributed by atoms with E-state index in [2.05, 4.69) is 5.32 Å². The number of carbonyl (C=O) groups excluding carboxylic acids is 1. The van der Waals surface area contributed by atoms with Crippen molar-refractivity contribution in [2.75, 3.05) is 6.54 Å². The van der Waals surface area contributed by atoms with Gasteiger partial charge in [0, 0.05) is 0 Å². The van der Waals surface area contributed by atoms with E-state index in [1.165, 1.54) is 12.1 Å². The number of hydrogen-bond donors (Lipinski definition) is 2. The van der Waals surface area contributed by atoms with Crippen LogP contribution in [0.25, 0.3) is 0 Å². The fourth-order valence-electron chi connectivity index (χ4n) is 1.85. The Balaban J connectivity index is 1.87. The highest BCUT2D eigenvalue weighted by atomic mass is 16.5. The van der Waals surface area contributed by atoms with Crippen LogP contribution in [0.1, 0.15) is 33.6 Å². The van der Waals surface area contributed by atoms with E-state index >= 15 is 0 Å². The topological polar surface area (TPSA) is 88.8 Å². The Morgan fingerprint density at radius 2 is 1.91 bits per heavy atom. The molecule has 1 amide bonds. The number of carboxylic acids is 1. The maximum absolute atomic E-state index is 11.9. The van der Waals surface area contributed by atoms with Gasteiger partial charge in [0.2, 0.25) is 5.76 Å². The van der Waals surface area contributed by atoms with Crippen LogP contribution in [0.15, 0.2) is 40.8 Å². The predicted molar refractivity (Wildman–Crippen MR) is 79.3 cm³/mol. The number of amides is 1. The number of aromatic carboxylic acids is 1. The summed E-state index contributed by atoms with van der Waals surface area (Å²) in [5.41, 5.74) is 1.01. The summed E-state index contributed by atoms with van der Waals surface area (Å²) in [4.78, 5) is 22.5. The minimum absolute atomic E-state index is 0.0412. The molecular formula is C16H17NO5. The number of carbonyl (C=O) groups is 2. The van der Waals surface area contributed by atoms with E-state index < -0.39 is 11.9 Å². The summed E-state index contributed by atoms with van der Waals surface area (Å²) in [7, 11) is 0. The van der Waals surface area contributed by atoms with Crippen molar-refractivity contribution in [3.8, 4) is 5.75 Å². The first kappa shape index (κ1) is 15.6. The number of benzene rings is 1. The second-order valence-electron chi connectivity index (χ2n) is 4.87. The maximum Gasteiger partial charge on any atom is 0.371 e. The number of para-hydroxylation sites is 1. The monoisotopic (exact) mass is 303 g/mol. The van der Waals surface area contributed by atoms with E-state index in [0.717, 1.165) is 11.3 Å². The van der Waals surface area contributed by atoms with Crippen LogP contribution in [-0.2, 0) is 0 Å². The molecule has 0 radical (unpaired) electrons. The van der Waals surface area contributed by atoms with Crippen LogP contribution in [0.4, 0.5) is 0 Å². The van der Waals surface area contributed by atoms with Crippen molar-refractivity contribution in [2.45, 2.75) is 20.0 Å². The molecule has 1 atom stereocenters. The lowest BCUT2D eigenvalue weighted by molar-refractivity contribution is 0.0659. The smallest absolute Gasteiger partial charge is 0.371 e. The van der Waals surface area contributed by atoms with Crippen LogP contribution < -0.4 is 10.1 Å². The Labute approximate surface area is 127 Å². The number of furan rings is 1. The van der Waals surface area contributed by atoms with Crippen LogP contribution in [0, 0.1) is 6.92 Å². The van der Waals surface area contributed by atoms with Crippen LogP contribution in [-0.4, -0.2) is 29.6 Å². The van der Waals surface area contributed by atoms with Crippen molar-refractivity contribution in [1.29, 1.82) is 0 Å². The third kappa shape index (κ3) is 3.88. The molecule has 1 unspecified atom stereocenters. The number of nitrogens with one attached hydrogen (secondary N) is 1. The predicted octanol–water partition coefficient (Wildman–Crippen LogP) is 2.48. The molecule has 1 aromatic heterocycles. The van der Waals surface area contributed by atoms with Gasteiger partial charge in [-0.15, -0.1) is 0 Å². The quantitative estimate of drug-likeness (QED) is 0.856. The van der Waals surface area contributed by atoms with Gasteiger partial charge in [-0.1, -0.05) is 18.2 Å². The molecule has 0 aliphatic heterocycles. The van der Waals surface area contributed by atoms with Gasteiger partial charge in [-0.3, -0.25) is 4.79 Å². The number of rotatable bonds is 6. The molecule has 2 rings (SSSR count). The zero-order chi connectivity index (χ0) is 16.1. The van der Waals surface area contributed by atoms with Crippen molar-refractivity contribution >= 4 is 11.9 Å². The molecule has 116 valence electrons. The van der Waals surface area contributed by atoms with E-state index in [0.29, 0.717) is 0 Å². The molecule has 0 aliphatic rings. The molecule has 1 heterocycles. The minimum Gasteiger partial charge on any atom is -0.489 e. The summed E-state index contributed by atoms with van der Waals surface area (Å²) in [5.74, 6) is -1.24. The Morgan fingerprint density at radius 3 is 2.55 bits per heavy atom. The van der Waals surface area contributed by atoms with Crippen LogP contribution >= 0.6 is 0 Å². The summed E-state index contributed by atoms with van der Waals surface area (Å²) in [6.45, 7) is 4.05. The standard InChI is InChI=1S/C16H17NO5/c1-10-5-3-4-6-12(10)21-11(2)9-17-15(18)13-7-8-14(22-13)16(19)20/h3-8,11H,9H2,1-2H3,(H,17,18)(H,19,20). The van der Waals surface area contributed by atoms with Gasteiger partial charge in [-0.2, -0.15) is 0 Å². The van der Waals surface area contributed by atoms with Crippen molar-refractivity contribution in [1.82, 2.24) is 5.32 Å². The second-order valence-corrected chi connectivity index (χ2v) is 4.87. The van der Waals surface area contributed by atoms with Gasteiger partial charge in [0.15, 0.2) is 5.76 Å². The third-order valence-electron chi connectivity index (χ3n) is 3.01. The van der Waals surface area contributed by atoms with Crippen molar-refractivity contribution in [2.24, 2.45) is 0 Å². The van der Waals surface area contributed by atoms with Gasteiger partial charge < -0.3 is 19.6 Å². The van der Waals surface area contributed by atoms with E-state index in [-0.39, 0.29) is 24.2 Å². The lowest BCUT2D eigenvalue weighted by Crippen LogP contribution is -2.33. The highest BCUT2D eigenvalue weighted by Crippen LogP contribution is 2.17.